The van der Waals surface area contributed by atoms with E-state index < -0.39 is 12.1 Å². The average Bonchev–Trinajstić information content (AvgIpc) is 3.60. The van der Waals surface area contributed by atoms with Crippen LogP contribution in [0, 0.1) is 0 Å². The van der Waals surface area contributed by atoms with E-state index in [0.717, 1.165) is 12.8 Å². The number of alkyl carbamates (subject to hydrolysis) is 1. The number of nitrogens with zero attached hydrogens (tertiary/aromatic N) is 1. The van der Waals surface area contributed by atoms with Crippen molar-refractivity contribution in [2.24, 2.45) is 0 Å². The maximum atomic E-state index is 12.5. The summed E-state index contributed by atoms with van der Waals surface area (Å²) in [7, 11) is 0. The van der Waals surface area contributed by atoms with E-state index in [-0.39, 0.29) is 43.5 Å². The maximum Gasteiger partial charge on any atom is 0.407 e. The highest BCUT2D eigenvalue weighted by atomic mass is 16.5. The third-order valence-corrected chi connectivity index (χ3v) is 6.61. The van der Waals surface area contributed by atoms with Crippen LogP contribution < -0.4 is 5.32 Å². The van der Waals surface area contributed by atoms with Crippen molar-refractivity contribution < 1.29 is 24.2 Å². The number of hydrogen-bond donors (Lipinski definition) is 2. The fourth-order valence-corrected chi connectivity index (χ4v) is 4.73. The highest BCUT2D eigenvalue weighted by Gasteiger charge is 2.32. The van der Waals surface area contributed by atoms with E-state index in [1.165, 1.54) is 22.3 Å². The first-order valence-electron chi connectivity index (χ1n) is 12.1. The Balaban J connectivity index is 1.21. The molecule has 2 aliphatic rings. The van der Waals surface area contributed by atoms with Crippen molar-refractivity contribution in [1.29, 1.82) is 0 Å². The summed E-state index contributed by atoms with van der Waals surface area (Å²) in [5.74, 6) is -0.873. The number of carbonyl (C=O) groups excluding carboxylic acids is 2. The van der Waals surface area contributed by atoms with Crippen molar-refractivity contribution in [2.45, 2.75) is 63.5 Å². The van der Waals surface area contributed by atoms with Crippen LogP contribution in [0.25, 0.3) is 11.1 Å². The van der Waals surface area contributed by atoms with Crippen LogP contribution in [-0.4, -0.2) is 53.2 Å². The minimum absolute atomic E-state index is 0.00269. The molecule has 0 aliphatic heterocycles. The van der Waals surface area contributed by atoms with Gasteiger partial charge in [-0.05, 0) is 54.9 Å². The Labute approximate surface area is 200 Å². The van der Waals surface area contributed by atoms with E-state index in [1.807, 2.05) is 31.2 Å². The zero-order chi connectivity index (χ0) is 24.1. The lowest BCUT2D eigenvalue weighted by molar-refractivity contribution is -0.138. The number of hydrogen-bond acceptors (Lipinski definition) is 4. The molecule has 1 unspecified atom stereocenters. The van der Waals surface area contributed by atoms with Crippen molar-refractivity contribution in [3.05, 3.63) is 59.7 Å². The van der Waals surface area contributed by atoms with Crippen LogP contribution in [0.15, 0.2) is 48.5 Å². The maximum absolute atomic E-state index is 12.5. The van der Waals surface area contributed by atoms with Gasteiger partial charge in [0, 0.05) is 31.0 Å². The predicted octanol–water partition coefficient (Wildman–Crippen LogP) is 4.55. The molecule has 0 heterocycles. The normalized spacial score (nSPS) is 15.2. The summed E-state index contributed by atoms with van der Waals surface area (Å²) >= 11 is 0. The van der Waals surface area contributed by atoms with E-state index in [1.54, 1.807) is 4.90 Å². The Morgan fingerprint density at radius 2 is 1.65 bits per heavy atom. The molecule has 2 aromatic rings. The van der Waals surface area contributed by atoms with Crippen molar-refractivity contribution in [3.63, 3.8) is 0 Å². The average molecular weight is 465 g/mol. The van der Waals surface area contributed by atoms with Gasteiger partial charge in [-0.2, -0.15) is 0 Å². The van der Waals surface area contributed by atoms with Crippen LogP contribution in [-0.2, 0) is 14.3 Å². The second-order valence-electron chi connectivity index (χ2n) is 9.23. The number of ether oxygens (including phenoxy) is 1. The van der Waals surface area contributed by atoms with Gasteiger partial charge in [-0.1, -0.05) is 48.5 Å². The lowest BCUT2D eigenvalue weighted by atomic mass is 9.98. The van der Waals surface area contributed by atoms with E-state index in [9.17, 15) is 14.4 Å². The molecular formula is C27H32N2O5. The molecule has 2 aromatic carbocycles. The minimum atomic E-state index is -0.889. The standard InChI is InChI=1S/C27H32N2O5/c1-18(7-6-12-25(30)29(19-13-14-19)16-15-26(31)32)28-27(33)34-17-24-22-10-4-2-8-20(22)21-9-3-5-11-23(21)24/h2-5,8-11,18-19,24H,6-7,12-17H2,1H3,(H,28,33)(H,31,32). The number of aliphatic carboxylic acids is 1. The molecule has 0 aromatic heterocycles. The fourth-order valence-electron chi connectivity index (χ4n) is 4.73. The molecule has 2 amide bonds. The number of carbonyl (C=O) groups is 3. The fraction of sp³-hybridized carbons (Fsp3) is 0.444. The number of carboxylic acid groups (broad SMARTS) is 1. The van der Waals surface area contributed by atoms with Gasteiger partial charge in [0.25, 0.3) is 0 Å². The van der Waals surface area contributed by atoms with Crippen molar-refractivity contribution in [1.82, 2.24) is 10.2 Å². The number of amides is 2. The molecule has 2 N–H and O–H groups in total. The number of fused-ring (bicyclic) bond motifs is 3. The van der Waals surface area contributed by atoms with Gasteiger partial charge >= 0.3 is 12.1 Å². The smallest absolute Gasteiger partial charge is 0.407 e. The van der Waals surface area contributed by atoms with Gasteiger partial charge in [0.15, 0.2) is 0 Å². The van der Waals surface area contributed by atoms with Gasteiger partial charge in [0.05, 0.1) is 6.42 Å². The number of rotatable bonds is 11. The second-order valence-corrected chi connectivity index (χ2v) is 9.23. The Morgan fingerprint density at radius 3 is 2.24 bits per heavy atom. The quantitative estimate of drug-likeness (QED) is 0.509. The molecule has 0 saturated heterocycles. The van der Waals surface area contributed by atoms with Gasteiger partial charge in [0.1, 0.15) is 6.61 Å². The third kappa shape index (κ3) is 5.76. The summed E-state index contributed by atoms with van der Waals surface area (Å²) in [6.45, 7) is 2.44. The Morgan fingerprint density at radius 1 is 1.03 bits per heavy atom. The molecule has 1 saturated carbocycles. The molecule has 0 spiro atoms. The highest BCUT2D eigenvalue weighted by molar-refractivity contribution is 5.79. The van der Waals surface area contributed by atoms with Crippen LogP contribution >= 0.6 is 0 Å². The van der Waals surface area contributed by atoms with Gasteiger partial charge in [-0.3, -0.25) is 9.59 Å². The van der Waals surface area contributed by atoms with Crippen molar-refractivity contribution in [3.8, 4) is 11.1 Å². The monoisotopic (exact) mass is 464 g/mol. The molecule has 7 nitrogen and oxygen atoms in total. The largest absolute Gasteiger partial charge is 0.481 e. The first kappa shape index (κ1) is 23.8. The predicted molar refractivity (Wildman–Crippen MR) is 129 cm³/mol. The minimum Gasteiger partial charge on any atom is -0.481 e. The first-order valence-corrected chi connectivity index (χ1v) is 12.1. The molecule has 0 bridgehead atoms. The zero-order valence-electron chi connectivity index (χ0n) is 19.5. The SMILES string of the molecule is CC(CCCC(=O)N(CCC(=O)O)C1CC1)NC(=O)OCC1c2ccccc2-c2ccccc21. The van der Waals surface area contributed by atoms with Crippen molar-refractivity contribution >= 4 is 18.0 Å². The van der Waals surface area contributed by atoms with Gasteiger partial charge in [-0.15, -0.1) is 0 Å². The van der Waals surface area contributed by atoms with Gasteiger partial charge in [0.2, 0.25) is 5.91 Å². The van der Waals surface area contributed by atoms with E-state index >= 15 is 0 Å². The number of benzene rings is 2. The summed E-state index contributed by atoms with van der Waals surface area (Å²) in [5, 5.41) is 11.8. The number of nitrogens with one attached hydrogen (secondary N) is 1. The second kappa shape index (κ2) is 10.7. The van der Waals surface area contributed by atoms with Gasteiger partial charge < -0.3 is 20.1 Å². The van der Waals surface area contributed by atoms with Crippen LogP contribution in [0.4, 0.5) is 4.79 Å². The van der Waals surface area contributed by atoms with Crippen LogP contribution in [0.3, 0.4) is 0 Å². The Hall–Kier alpha value is -3.35. The molecule has 34 heavy (non-hydrogen) atoms. The summed E-state index contributed by atoms with van der Waals surface area (Å²) in [6, 6.07) is 16.5. The van der Waals surface area contributed by atoms with Crippen LogP contribution in [0.5, 0.6) is 0 Å². The molecular weight excluding hydrogens is 432 g/mol. The van der Waals surface area contributed by atoms with E-state index in [0.29, 0.717) is 19.3 Å². The van der Waals surface area contributed by atoms with Crippen LogP contribution in [0.2, 0.25) is 0 Å². The highest BCUT2D eigenvalue weighted by Crippen LogP contribution is 2.44. The summed E-state index contributed by atoms with van der Waals surface area (Å²) in [6.07, 6.45) is 3.04. The Bertz CT molecular complexity index is 1000. The molecule has 4 rings (SSSR count). The van der Waals surface area contributed by atoms with Crippen molar-refractivity contribution in [2.75, 3.05) is 13.2 Å². The third-order valence-electron chi connectivity index (χ3n) is 6.61. The molecule has 1 atom stereocenters. The Kier molecular flexibility index (Phi) is 7.50. The first-order chi connectivity index (χ1) is 16.4. The van der Waals surface area contributed by atoms with Crippen LogP contribution in [0.1, 0.15) is 62.5 Å². The molecule has 0 radical (unpaired) electrons. The van der Waals surface area contributed by atoms with E-state index in [2.05, 4.69) is 29.6 Å². The molecule has 7 heteroatoms. The molecule has 2 aliphatic carbocycles. The summed E-state index contributed by atoms with van der Waals surface area (Å²) in [4.78, 5) is 37.5. The summed E-state index contributed by atoms with van der Waals surface area (Å²) in [5.41, 5.74) is 4.72. The topological polar surface area (TPSA) is 95.9 Å². The molecule has 180 valence electrons. The molecule has 1 fully saturated rings. The summed E-state index contributed by atoms with van der Waals surface area (Å²) < 4.78 is 5.59. The van der Waals surface area contributed by atoms with Gasteiger partial charge in [-0.25, -0.2) is 4.79 Å². The lowest BCUT2D eigenvalue weighted by Crippen LogP contribution is -2.36. The zero-order valence-corrected chi connectivity index (χ0v) is 19.5. The lowest BCUT2D eigenvalue weighted by Gasteiger charge is -2.22. The number of carboxylic acids is 1. The van der Waals surface area contributed by atoms with E-state index in [4.69, 9.17) is 9.84 Å².